The number of nitrogens with one attached hydrogen (secondary N) is 1. The summed E-state index contributed by atoms with van der Waals surface area (Å²) in [5, 5.41) is 3.84. The molecule has 1 rings (SSSR count). The van der Waals surface area contributed by atoms with Crippen molar-refractivity contribution in [2.24, 2.45) is 5.92 Å². The summed E-state index contributed by atoms with van der Waals surface area (Å²) in [5.41, 5.74) is 0.378. The van der Waals surface area contributed by atoms with E-state index in [2.05, 4.69) is 33.0 Å². The van der Waals surface area contributed by atoms with Crippen LogP contribution >= 0.6 is 0 Å². The van der Waals surface area contributed by atoms with Crippen molar-refractivity contribution in [3.63, 3.8) is 0 Å². The largest absolute Gasteiger partial charge is 0.309 e. The van der Waals surface area contributed by atoms with Gasteiger partial charge in [0.15, 0.2) is 0 Å². The fourth-order valence-corrected chi connectivity index (χ4v) is 2.26. The standard InChI is InChI=1S/C12H25N/c1-5-12(4,6-2)13-11-9-7-8-10(11)3/h10-11,13H,5-9H2,1-4H3. The fourth-order valence-electron chi connectivity index (χ4n) is 2.26. The smallest absolute Gasteiger partial charge is 0.0150 e. The molecular weight excluding hydrogens is 158 g/mol. The minimum Gasteiger partial charge on any atom is -0.309 e. The van der Waals surface area contributed by atoms with Crippen LogP contribution in [0.15, 0.2) is 0 Å². The second kappa shape index (κ2) is 4.45. The molecule has 0 saturated heterocycles. The molecule has 1 saturated carbocycles. The lowest BCUT2D eigenvalue weighted by Gasteiger charge is -2.33. The maximum Gasteiger partial charge on any atom is 0.0150 e. The summed E-state index contributed by atoms with van der Waals surface area (Å²) in [6.07, 6.45) is 6.71. The molecule has 0 aromatic rings. The van der Waals surface area contributed by atoms with Crippen molar-refractivity contribution in [3.8, 4) is 0 Å². The monoisotopic (exact) mass is 183 g/mol. The van der Waals surface area contributed by atoms with Crippen LogP contribution in [-0.4, -0.2) is 11.6 Å². The van der Waals surface area contributed by atoms with Gasteiger partial charge in [0.25, 0.3) is 0 Å². The molecule has 2 unspecified atom stereocenters. The number of hydrogen-bond donors (Lipinski definition) is 1. The Balaban J connectivity index is 2.45. The summed E-state index contributed by atoms with van der Waals surface area (Å²) >= 11 is 0. The first-order chi connectivity index (χ1) is 6.11. The highest BCUT2D eigenvalue weighted by Gasteiger charge is 2.29. The average molecular weight is 183 g/mol. The molecule has 78 valence electrons. The van der Waals surface area contributed by atoms with E-state index in [4.69, 9.17) is 0 Å². The molecule has 1 fully saturated rings. The quantitative estimate of drug-likeness (QED) is 0.705. The van der Waals surface area contributed by atoms with Crippen molar-refractivity contribution < 1.29 is 0 Å². The summed E-state index contributed by atoms with van der Waals surface area (Å²) in [7, 11) is 0. The zero-order valence-corrected chi connectivity index (χ0v) is 9.69. The second-order valence-electron chi connectivity index (χ2n) is 4.93. The maximum absolute atomic E-state index is 3.84. The Hall–Kier alpha value is -0.0400. The highest BCUT2D eigenvalue weighted by atomic mass is 15.0. The van der Waals surface area contributed by atoms with Gasteiger partial charge in [0, 0.05) is 11.6 Å². The van der Waals surface area contributed by atoms with Crippen LogP contribution in [0.5, 0.6) is 0 Å². The first-order valence-corrected chi connectivity index (χ1v) is 5.89. The van der Waals surface area contributed by atoms with E-state index < -0.39 is 0 Å². The predicted octanol–water partition coefficient (Wildman–Crippen LogP) is 3.34. The highest BCUT2D eigenvalue weighted by molar-refractivity contribution is 4.89. The van der Waals surface area contributed by atoms with Crippen molar-refractivity contribution in [2.45, 2.75) is 71.4 Å². The zero-order valence-electron chi connectivity index (χ0n) is 9.69. The second-order valence-corrected chi connectivity index (χ2v) is 4.93. The van der Waals surface area contributed by atoms with E-state index in [0.29, 0.717) is 5.54 Å². The van der Waals surface area contributed by atoms with Crippen LogP contribution in [0.1, 0.15) is 59.8 Å². The van der Waals surface area contributed by atoms with Crippen LogP contribution < -0.4 is 5.32 Å². The summed E-state index contributed by atoms with van der Waals surface area (Å²) in [5.74, 6) is 0.887. The van der Waals surface area contributed by atoms with Crippen LogP contribution in [-0.2, 0) is 0 Å². The molecule has 13 heavy (non-hydrogen) atoms. The molecule has 0 bridgehead atoms. The Morgan fingerprint density at radius 1 is 1.23 bits per heavy atom. The molecule has 0 aromatic carbocycles. The van der Waals surface area contributed by atoms with Gasteiger partial charge in [-0.25, -0.2) is 0 Å². The van der Waals surface area contributed by atoms with E-state index in [1.165, 1.54) is 32.1 Å². The molecule has 1 nitrogen and oxygen atoms in total. The molecule has 1 N–H and O–H groups in total. The summed E-state index contributed by atoms with van der Waals surface area (Å²) in [4.78, 5) is 0. The van der Waals surface area contributed by atoms with E-state index in [0.717, 1.165) is 12.0 Å². The predicted molar refractivity (Wildman–Crippen MR) is 58.9 cm³/mol. The van der Waals surface area contributed by atoms with Crippen LogP contribution in [0.4, 0.5) is 0 Å². The minimum absolute atomic E-state index is 0.378. The Kier molecular flexibility index (Phi) is 3.78. The first kappa shape index (κ1) is 11.0. The van der Waals surface area contributed by atoms with Crippen LogP contribution in [0, 0.1) is 5.92 Å². The highest BCUT2D eigenvalue weighted by Crippen LogP contribution is 2.28. The van der Waals surface area contributed by atoms with Crippen molar-refractivity contribution >= 4 is 0 Å². The maximum atomic E-state index is 3.84. The van der Waals surface area contributed by atoms with Crippen molar-refractivity contribution in [1.82, 2.24) is 5.32 Å². The topological polar surface area (TPSA) is 12.0 Å². The third kappa shape index (κ3) is 2.70. The van der Waals surface area contributed by atoms with Gasteiger partial charge in [-0.2, -0.15) is 0 Å². The third-order valence-electron chi connectivity index (χ3n) is 3.96. The molecule has 1 heteroatoms. The summed E-state index contributed by atoms with van der Waals surface area (Å²) < 4.78 is 0. The van der Waals surface area contributed by atoms with Gasteiger partial charge in [0.2, 0.25) is 0 Å². The van der Waals surface area contributed by atoms with Gasteiger partial charge < -0.3 is 5.32 Å². The van der Waals surface area contributed by atoms with Crippen LogP contribution in [0.25, 0.3) is 0 Å². The van der Waals surface area contributed by atoms with Crippen molar-refractivity contribution in [3.05, 3.63) is 0 Å². The van der Waals surface area contributed by atoms with Gasteiger partial charge in [-0.1, -0.05) is 27.2 Å². The molecule has 0 spiro atoms. The fraction of sp³-hybridized carbons (Fsp3) is 1.00. The van der Waals surface area contributed by atoms with Gasteiger partial charge in [-0.05, 0) is 38.5 Å². The zero-order chi connectivity index (χ0) is 9.90. The molecule has 1 aliphatic carbocycles. The Morgan fingerprint density at radius 3 is 2.23 bits per heavy atom. The van der Waals surface area contributed by atoms with Crippen LogP contribution in [0.2, 0.25) is 0 Å². The number of rotatable bonds is 4. The Labute approximate surface area is 83.3 Å². The first-order valence-electron chi connectivity index (χ1n) is 5.89. The molecule has 2 atom stereocenters. The minimum atomic E-state index is 0.378. The lowest BCUT2D eigenvalue weighted by atomic mass is 9.92. The van der Waals surface area contributed by atoms with Gasteiger partial charge in [0.1, 0.15) is 0 Å². The third-order valence-corrected chi connectivity index (χ3v) is 3.96. The lowest BCUT2D eigenvalue weighted by Crippen LogP contribution is -2.48. The normalized spacial score (nSPS) is 29.5. The molecule has 0 heterocycles. The van der Waals surface area contributed by atoms with E-state index in [-0.39, 0.29) is 0 Å². The summed E-state index contributed by atoms with van der Waals surface area (Å²) in [6.45, 7) is 9.32. The average Bonchev–Trinajstić information content (AvgIpc) is 2.52. The lowest BCUT2D eigenvalue weighted by molar-refractivity contribution is 0.263. The Bertz CT molecular complexity index is 149. The SMILES string of the molecule is CCC(C)(CC)NC1CCCC1C. The van der Waals surface area contributed by atoms with E-state index >= 15 is 0 Å². The molecule has 0 radical (unpaired) electrons. The summed E-state index contributed by atoms with van der Waals surface area (Å²) in [6, 6.07) is 0.782. The Morgan fingerprint density at radius 2 is 1.85 bits per heavy atom. The van der Waals surface area contributed by atoms with Gasteiger partial charge in [-0.3, -0.25) is 0 Å². The van der Waals surface area contributed by atoms with Crippen LogP contribution in [0.3, 0.4) is 0 Å². The van der Waals surface area contributed by atoms with E-state index in [9.17, 15) is 0 Å². The molecular formula is C12H25N. The van der Waals surface area contributed by atoms with Gasteiger partial charge in [-0.15, -0.1) is 0 Å². The molecule has 0 aliphatic heterocycles. The van der Waals surface area contributed by atoms with E-state index in [1.807, 2.05) is 0 Å². The van der Waals surface area contributed by atoms with Gasteiger partial charge >= 0.3 is 0 Å². The van der Waals surface area contributed by atoms with Gasteiger partial charge in [0.05, 0.1) is 0 Å². The molecule has 0 amide bonds. The molecule has 0 aromatic heterocycles. The molecule has 1 aliphatic rings. The van der Waals surface area contributed by atoms with Crippen molar-refractivity contribution in [1.29, 1.82) is 0 Å². The van der Waals surface area contributed by atoms with Crippen molar-refractivity contribution in [2.75, 3.05) is 0 Å². The number of hydrogen-bond acceptors (Lipinski definition) is 1. The van der Waals surface area contributed by atoms with E-state index in [1.54, 1.807) is 0 Å².